The lowest BCUT2D eigenvalue weighted by atomic mass is 10.2. The molecule has 1 heterocycles. The van der Waals surface area contributed by atoms with Gasteiger partial charge in [0.2, 0.25) is 9.84 Å². The van der Waals surface area contributed by atoms with Crippen molar-refractivity contribution in [1.82, 2.24) is 0 Å². The third kappa shape index (κ3) is 3.27. The molecule has 112 valence electrons. The van der Waals surface area contributed by atoms with Gasteiger partial charge >= 0.3 is 0 Å². The minimum Gasteiger partial charge on any atom is -0.218 e. The molecular formula is C17H14O2S3. The number of aryl methyl sites for hydroxylation is 1. The Labute approximate surface area is 138 Å². The van der Waals surface area contributed by atoms with Gasteiger partial charge in [0.15, 0.2) is 0 Å². The van der Waals surface area contributed by atoms with E-state index in [2.05, 4.69) is 12.1 Å². The van der Waals surface area contributed by atoms with Crippen molar-refractivity contribution in [1.29, 1.82) is 0 Å². The van der Waals surface area contributed by atoms with Gasteiger partial charge in [-0.05, 0) is 37.3 Å². The first-order valence-corrected chi connectivity index (χ1v) is 9.87. The lowest BCUT2D eigenvalue weighted by Gasteiger charge is -2.01. The fourth-order valence-corrected chi connectivity index (χ4v) is 5.63. The molecule has 0 fully saturated rings. The summed E-state index contributed by atoms with van der Waals surface area (Å²) in [7, 11) is -3.42. The first-order valence-electron chi connectivity index (χ1n) is 6.69. The van der Waals surface area contributed by atoms with Crippen molar-refractivity contribution in [3.05, 3.63) is 71.6 Å². The molecule has 0 atom stereocenters. The van der Waals surface area contributed by atoms with Crippen molar-refractivity contribution in [3.8, 4) is 0 Å². The molecular weight excluding hydrogens is 332 g/mol. The summed E-state index contributed by atoms with van der Waals surface area (Å²) in [6.07, 6.45) is 0. The predicted molar refractivity (Wildman–Crippen MR) is 91.5 cm³/mol. The first kappa shape index (κ1) is 15.3. The standard InChI is InChI=1S/C17H14O2S3/c1-13-7-9-14(10-8-13)21-17-11-16(12-20-17)22(18,19)15-5-3-2-4-6-15/h2-12H,1H3. The molecule has 22 heavy (non-hydrogen) atoms. The zero-order chi connectivity index (χ0) is 15.6. The number of sulfone groups is 1. The van der Waals surface area contributed by atoms with Gasteiger partial charge in [-0.1, -0.05) is 47.7 Å². The molecule has 1 aromatic heterocycles. The molecule has 0 saturated heterocycles. The van der Waals surface area contributed by atoms with E-state index in [1.54, 1.807) is 47.5 Å². The fraction of sp³-hybridized carbons (Fsp3) is 0.0588. The summed E-state index contributed by atoms with van der Waals surface area (Å²) >= 11 is 3.04. The van der Waals surface area contributed by atoms with E-state index >= 15 is 0 Å². The Morgan fingerprint density at radius 1 is 0.909 bits per heavy atom. The van der Waals surface area contributed by atoms with Crippen LogP contribution in [0.25, 0.3) is 0 Å². The largest absolute Gasteiger partial charge is 0.218 e. The van der Waals surface area contributed by atoms with Crippen LogP contribution >= 0.6 is 23.1 Å². The molecule has 2 aromatic carbocycles. The lowest BCUT2D eigenvalue weighted by molar-refractivity contribution is 0.596. The van der Waals surface area contributed by atoms with E-state index < -0.39 is 9.84 Å². The average Bonchev–Trinajstić information content (AvgIpc) is 3.00. The third-order valence-corrected chi connectivity index (χ3v) is 7.14. The summed E-state index contributed by atoms with van der Waals surface area (Å²) in [4.78, 5) is 1.80. The Kier molecular flexibility index (Phi) is 4.38. The van der Waals surface area contributed by atoms with Gasteiger partial charge in [0.05, 0.1) is 14.0 Å². The van der Waals surface area contributed by atoms with Crippen LogP contribution in [-0.2, 0) is 9.84 Å². The minimum absolute atomic E-state index is 0.333. The molecule has 0 radical (unpaired) electrons. The Morgan fingerprint density at radius 2 is 1.59 bits per heavy atom. The van der Waals surface area contributed by atoms with Gasteiger partial charge in [-0.2, -0.15) is 0 Å². The zero-order valence-electron chi connectivity index (χ0n) is 11.9. The summed E-state index contributed by atoms with van der Waals surface area (Å²) in [5.74, 6) is 0. The highest BCUT2D eigenvalue weighted by Gasteiger charge is 2.19. The van der Waals surface area contributed by atoms with E-state index in [-0.39, 0.29) is 0 Å². The molecule has 0 unspecified atom stereocenters. The second-order valence-electron chi connectivity index (χ2n) is 4.83. The second-order valence-corrected chi connectivity index (χ2v) is 9.07. The van der Waals surface area contributed by atoms with Gasteiger partial charge in [-0.3, -0.25) is 0 Å². The van der Waals surface area contributed by atoms with E-state index in [1.165, 1.54) is 16.9 Å². The smallest absolute Gasteiger partial charge is 0.207 e. The van der Waals surface area contributed by atoms with Gasteiger partial charge in [0.1, 0.15) is 0 Å². The van der Waals surface area contributed by atoms with Gasteiger partial charge in [0.25, 0.3) is 0 Å². The number of hydrogen-bond acceptors (Lipinski definition) is 4. The molecule has 0 bridgehead atoms. The monoisotopic (exact) mass is 346 g/mol. The SMILES string of the molecule is Cc1ccc(Sc2cc(S(=O)(=O)c3ccccc3)cs2)cc1. The highest BCUT2D eigenvalue weighted by atomic mass is 32.2. The van der Waals surface area contributed by atoms with Crippen molar-refractivity contribution in [2.45, 2.75) is 25.8 Å². The van der Waals surface area contributed by atoms with Crippen LogP contribution in [0.5, 0.6) is 0 Å². The van der Waals surface area contributed by atoms with Crippen molar-refractivity contribution >= 4 is 32.9 Å². The van der Waals surface area contributed by atoms with Gasteiger partial charge in [-0.25, -0.2) is 8.42 Å². The number of rotatable bonds is 4. The Morgan fingerprint density at radius 3 is 2.27 bits per heavy atom. The highest BCUT2D eigenvalue weighted by molar-refractivity contribution is 8.01. The van der Waals surface area contributed by atoms with Gasteiger partial charge in [0, 0.05) is 10.3 Å². The average molecular weight is 346 g/mol. The van der Waals surface area contributed by atoms with Gasteiger partial charge in [-0.15, -0.1) is 11.3 Å². The Hall–Kier alpha value is -1.56. The maximum absolute atomic E-state index is 12.5. The van der Waals surface area contributed by atoms with Crippen LogP contribution in [0.3, 0.4) is 0 Å². The Balaban J connectivity index is 1.86. The van der Waals surface area contributed by atoms with Crippen molar-refractivity contribution in [2.24, 2.45) is 0 Å². The molecule has 0 aliphatic rings. The molecule has 3 aromatic rings. The quantitative estimate of drug-likeness (QED) is 0.663. The summed E-state index contributed by atoms with van der Waals surface area (Å²) < 4.78 is 26.1. The van der Waals surface area contributed by atoms with Crippen molar-refractivity contribution < 1.29 is 8.42 Å². The molecule has 0 amide bonds. The first-order chi connectivity index (χ1) is 10.6. The van der Waals surface area contributed by atoms with Crippen LogP contribution in [0.1, 0.15) is 5.56 Å². The van der Waals surface area contributed by atoms with E-state index in [4.69, 9.17) is 0 Å². The Bertz CT molecular complexity index is 864. The minimum atomic E-state index is -3.42. The molecule has 0 N–H and O–H groups in total. The molecule has 2 nitrogen and oxygen atoms in total. The lowest BCUT2D eigenvalue weighted by Crippen LogP contribution is -1.99. The number of hydrogen-bond donors (Lipinski definition) is 0. The van der Waals surface area contributed by atoms with E-state index in [1.807, 2.05) is 25.1 Å². The zero-order valence-corrected chi connectivity index (χ0v) is 14.3. The predicted octanol–water partition coefficient (Wildman–Crippen LogP) is 5.04. The normalized spacial score (nSPS) is 11.5. The van der Waals surface area contributed by atoms with E-state index in [0.717, 1.165) is 9.10 Å². The third-order valence-electron chi connectivity index (χ3n) is 3.15. The molecule has 0 aliphatic carbocycles. The van der Waals surface area contributed by atoms with Crippen LogP contribution in [0.4, 0.5) is 0 Å². The second kappa shape index (κ2) is 6.28. The summed E-state index contributed by atoms with van der Waals surface area (Å²) in [6.45, 7) is 2.05. The van der Waals surface area contributed by atoms with E-state index in [9.17, 15) is 8.42 Å². The van der Waals surface area contributed by atoms with Crippen LogP contribution in [0.15, 0.2) is 84.9 Å². The number of thiophene rings is 1. The summed E-state index contributed by atoms with van der Waals surface area (Å²) in [5, 5.41) is 1.71. The highest BCUT2D eigenvalue weighted by Crippen LogP contribution is 2.35. The van der Waals surface area contributed by atoms with Crippen LogP contribution in [0, 0.1) is 6.92 Å². The fourth-order valence-electron chi connectivity index (χ4n) is 1.95. The topological polar surface area (TPSA) is 34.1 Å². The molecule has 0 aliphatic heterocycles. The maximum atomic E-state index is 12.5. The van der Waals surface area contributed by atoms with Crippen LogP contribution in [-0.4, -0.2) is 8.42 Å². The molecule has 0 spiro atoms. The molecule has 5 heteroatoms. The van der Waals surface area contributed by atoms with Gasteiger partial charge < -0.3 is 0 Å². The van der Waals surface area contributed by atoms with Crippen molar-refractivity contribution in [3.63, 3.8) is 0 Å². The molecule has 3 rings (SSSR count). The molecule has 0 saturated carbocycles. The number of benzene rings is 2. The summed E-state index contributed by atoms with van der Waals surface area (Å²) in [5.41, 5.74) is 1.21. The summed E-state index contributed by atoms with van der Waals surface area (Å²) in [6, 6.07) is 18.5. The van der Waals surface area contributed by atoms with Crippen LogP contribution in [0.2, 0.25) is 0 Å². The van der Waals surface area contributed by atoms with E-state index in [0.29, 0.717) is 9.79 Å². The van der Waals surface area contributed by atoms with Crippen molar-refractivity contribution in [2.75, 3.05) is 0 Å². The van der Waals surface area contributed by atoms with Crippen LogP contribution < -0.4 is 0 Å². The maximum Gasteiger partial charge on any atom is 0.207 e.